The standard InChI is InChI=1S/Bi.NO3.5H2O/c;2-1(3)4;;;;;/h;;5*1H2/q+3;-1;;;;;. The van der Waals surface area contributed by atoms with Crippen molar-refractivity contribution in [2.75, 3.05) is 0 Å². The number of hydrogen-bond acceptors (Lipinski definition) is 3. The third-order valence-corrected chi connectivity index (χ3v) is 0. The normalized spacial score (nSPS) is 2.40. The second kappa shape index (κ2) is 66.4. The molecule has 10 N–H and O–H groups in total. The van der Waals surface area contributed by atoms with Gasteiger partial charge in [-0.1, -0.05) is 0 Å². The van der Waals surface area contributed by atoms with Crippen LogP contribution in [-0.2, 0) is 0 Å². The summed E-state index contributed by atoms with van der Waals surface area (Å²) in [5, 5.41) is 14.8. The van der Waals surface area contributed by atoms with Crippen LogP contribution in [-0.4, -0.2) is 58.7 Å². The Morgan fingerprint density at radius 2 is 0.800 bits per heavy atom. The molecule has 0 bridgehead atoms. The van der Waals surface area contributed by atoms with E-state index in [-0.39, 0.29) is 53.6 Å². The van der Waals surface area contributed by atoms with E-state index in [4.69, 9.17) is 15.3 Å². The Morgan fingerprint density at radius 1 is 0.800 bits per heavy atom. The van der Waals surface area contributed by atoms with Crippen molar-refractivity contribution in [1.82, 2.24) is 0 Å². The molecule has 2 radical (unpaired) electrons. The number of nitrogens with zero attached hydrogens (tertiary/aromatic N) is 1. The minimum atomic E-state index is -1.75. The van der Waals surface area contributed by atoms with Gasteiger partial charge in [-0.3, -0.25) is 0 Å². The first kappa shape index (κ1) is 93.8. The first-order chi connectivity index (χ1) is 1.73. The summed E-state index contributed by atoms with van der Waals surface area (Å²) in [7, 11) is 0. The second-order valence-corrected chi connectivity index (χ2v) is 0.224. The smallest absolute Gasteiger partial charge is 0.412 e. The molecule has 0 heterocycles. The van der Waals surface area contributed by atoms with Gasteiger partial charge in [-0.15, -0.1) is 0 Å². The maximum atomic E-state index is 8.25. The zero-order chi connectivity index (χ0) is 3.58. The van der Waals surface area contributed by atoms with E-state index in [2.05, 4.69) is 0 Å². The third-order valence-electron chi connectivity index (χ3n) is 0. The van der Waals surface area contributed by atoms with Gasteiger partial charge in [-0.05, 0) is 0 Å². The van der Waals surface area contributed by atoms with Gasteiger partial charge in [0, 0.05) is 0 Å². The molecule has 0 aliphatic heterocycles. The molecule has 10 heavy (non-hydrogen) atoms. The summed E-state index contributed by atoms with van der Waals surface area (Å²) < 4.78 is 0. The van der Waals surface area contributed by atoms with Gasteiger partial charge in [0.25, 0.3) is 0 Å². The van der Waals surface area contributed by atoms with Gasteiger partial charge in [0.2, 0.25) is 0 Å². The molecule has 0 saturated heterocycles. The monoisotopic (exact) mass is 361 g/mol. The van der Waals surface area contributed by atoms with E-state index in [1.54, 1.807) is 0 Å². The molecule has 0 unspecified atom stereocenters. The minimum absolute atomic E-state index is 0. The van der Waals surface area contributed by atoms with Crippen LogP contribution in [0.15, 0.2) is 0 Å². The van der Waals surface area contributed by atoms with Gasteiger partial charge in [0.05, 0.1) is 5.09 Å². The Morgan fingerprint density at radius 3 is 0.800 bits per heavy atom. The SMILES string of the molecule is O.O.O.O.O.O=[N+]([O-])[O-].[Bi+3]. The summed E-state index contributed by atoms with van der Waals surface area (Å²) in [4.78, 5) is 8.25. The van der Waals surface area contributed by atoms with Crippen LogP contribution in [0.2, 0.25) is 0 Å². The molecular weight excluding hydrogens is 351 g/mol. The van der Waals surface area contributed by atoms with E-state index in [9.17, 15) is 0 Å². The number of hydrogen-bond donors (Lipinski definition) is 0. The van der Waals surface area contributed by atoms with Crippen LogP contribution >= 0.6 is 0 Å². The molecular formula is H10BiNO8+2. The molecule has 0 aromatic rings. The van der Waals surface area contributed by atoms with Gasteiger partial charge < -0.3 is 42.7 Å². The van der Waals surface area contributed by atoms with Crippen LogP contribution in [0.4, 0.5) is 0 Å². The topological polar surface area (TPSA) is 224 Å². The van der Waals surface area contributed by atoms with Gasteiger partial charge in [-0.2, -0.15) is 0 Å². The molecule has 0 spiro atoms. The van der Waals surface area contributed by atoms with E-state index in [0.29, 0.717) is 0 Å². The molecule has 0 aromatic carbocycles. The summed E-state index contributed by atoms with van der Waals surface area (Å²) in [5.74, 6) is 0. The second-order valence-electron chi connectivity index (χ2n) is 0.224. The summed E-state index contributed by atoms with van der Waals surface area (Å²) in [5.41, 5.74) is 0. The van der Waals surface area contributed by atoms with Crippen molar-refractivity contribution in [3.63, 3.8) is 0 Å². The van der Waals surface area contributed by atoms with Gasteiger partial charge in [0.1, 0.15) is 0 Å². The Hall–Kier alpha value is -0.117. The molecule has 66 valence electrons. The molecule has 0 rings (SSSR count). The Bertz CT molecular complexity index is 32.2. The molecule has 0 aromatic heterocycles. The average Bonchev–Trinajstić information content (AvgIpc) is 0.811. The van der Waals surface area contributed by atoms with Gasteiger partial charge in [-0.25, -0.2) is 0 Å². The Balaban J connectivity index is -0.00000000300. The zero-order valence-corrected chi connectivity index (χ0v) is 8.10. The molecule has 0 aliphatic carbocycles. The van der Waals surface area contributed by atoms with Crippen LogP contribution in [0.3, 0.4) is 0 Å². The minimum Gasteiger partial charge on any atom is -0.412 e. The van der Waals surface area contributed by atoms with E-state index in [1.807, 2.05) is 0 Å². The van der Waals surface area contributed by atoms with Crippen LogP contribution in [0, 0.1) is 15.3 Å². The first-order valence-electron chi connectivity index (χ1n) is 0.548. The molecule has 10 heteroatoms. The third kappa shape index (κ3) is 27300. The van der Waals surface area contributed by atoms with Crippen molar-refractivity contribution in [2.45, 2.75) is 0 Å². The fourth-order valence-electron chi connectivity index (χ4n) is 0. The number of rotatable bonds is 0. The van der Waals surface area contributed by atoms with E-state index >= 15 is 0 Å². The summed E-state index contributed by atoms with van der Waals surface area (Å²) in [6.45, 7) is 0. The average molecular weight is 361 g/mol. The maximum Gasteiger partial charge on any atom is 3.00 e. The van der Waals surface area contributed by atoms with Gasteiger partial charge in [0.15, 0.2) is 0 Å². The molecule has 0 amide bonds. The molecule has 0 fully saturated rings. The van der Waals surface area contributed by atoms with E-state index < -0.39 is 5.09 Å². The summed E-state index contributed by atoms with van der Waals surface area (Å²) >= 11 is 0. The summed E-state index contributed by atoms with van der Waals surface area (Å²) in [6.07, 6.45) is 0. The van der Waals surface area contributed by atoms with Crippen LogP contribution in [0.1, 0.15) is 0 Å². The van der Waals surface area contributed by atoms with Crippen LogP contribution in [0.25, 0.3) is 0 Å². The maximum absolute atomic E-state index is 8.25. The summed E-state index contributed by atoms with van der Waals surface area (Å²) in [6, 6.07) is 0. The molecule has 0 aliphatic rings. The van der Waals surface area contributed by atoms with Crippen LogP contribution in [0.5, 0.6) is 0 Å². The Kier molecular flexibility index (Phi) is 623. The van der Waals surface area contributed by atoms with Crippen LogP contribution < -0.4 is 0 Å². The predicted molar refractivity (Wildman–Crippen MR) is 34.2 cm³/mol. The fraction of sp³-hybridized carbons (Fsp3) is 0. The van der Waals surface area contributed by atoms with Crippen molar-refractivity contribution in [2.24, 2.45) is 0 Å². The molecule has 0 atom stereocenters. The van der Waals surface area contributed by atoms with E-state index in [0.717, 1.165) is 0 Å². The fourth-order valence-corrected chi connectivity index (χ4v) is 0. The molecule has 0 saturated carbocycles. The largest absolute Gasteiger partial charge is 3.00 e. The van der Waals surface area contributed by atoms with Crippen molar-refractivity contribution in [3.8, 4) is 0 Å². The molecule has 9 nitrogen and oxygen atoms in total. The van der Waals surface area contributed by atoms with Crippen molar-refractivity contribution in [3.05, 3.63) is 15.3 Å². The van der Waals surface area contributed by atoms with Crippen molar-refractivity contribution in [1.29, 1.82) is 0 Å². The van der Waals surface area contributed by atoms with Gasteiger partial charge >= 0.3 is 26.2 Å². The van der Waals surface area contributed by atoms with Crippen molar-refractivity contribution >= 4 is 26.2 Å². The van der Waals surface area contributed by atoms with E-state index in [1.165, 1.54) is 0 Å². The Labute approximate surface area is 74.4 Å². The predicted octanol–water partition coefficient (Wildman–Crippen LogP) is -4.74. The first-order valence-corrected chi connectivity index (χ1v) is 0.548. The van der Waals surface area contributed by atoms with Crippen molar-refractivity contribution < 1.29 is 32.5 Å². The quantitative estimate of drug-likeness (QED) is 0.235. The zero-order valence-electron chi connectivity index (χ0n) is 4.62.